The van der Waals surface area contributed by atoms with Crippen molar-refractivity contribution in [3.8, 4) is 17.1 Å². The summed E-state index contributed by atoms with van der Waals surface area (Å²) in [4.78, 5) is 16.6. The number of halogens is 3. The van der Waals surface area contributed by atoms with E-state index in [-0.39, 0.29) is 12.2 Å². The zero-order valence-electron chi connectivity index (χ0n) is 19.7. The minimum atomic E-state index is -0.284. The second-order valence-corrected chi connectivity index (χ2v) is 9.55. The Balaban J connectivity index is 1.45. The molecule has 0 saturated carbocycles. The lowest BCUT2D eigenvalue weighted by atomic mass is 10.1. The molecule has 188 valence electrons. The van der Waals surface area contributed by atoms with Crippen molar-refractivity contribution in [3.05, 3.63) is 115 Å². The monoisotopic (exact) mass is 554 g/mol. The van der Waals surface area contributed by atoms with Gasteiger partial charge in [0.05, 0.1) is 13.7 Å². The number of benzene rings is 3. The summed E-state index contributed by atoms with van der Waals surface area (Å²) in [6, 6.07) is 20.1. The van der Waals surface area contributed by atoms with Gasteiger partial charge < -0.3 is 9.72 Å². The highest BCUT2D eigenvalue weighted by Gasteiger charge is 2.18. The van der Waals surface area contributed by atoms with E-state index in [1.54, 1.807) is 42.0 Å². The van der Waals surface area contributed by atoms with Gasteiger partial charge in [-0.3, -0.25) is 4.57 Å². The van der Waals surface area contributed by atoms with Gasteiger partial charge in [-0.15, -0.1) is 15.3 Å². The predicted octanol–water partition coefficient (Wildman–Crippen LogP) is 5.49. The van der Waals surface area contributed by atoms with Gasteiger partial charge in [-0.2, -0.15) is 0 Å². The van der Waals surface area contributed by atoms with Gasteiger partial charge in [0.1, 0.15) is 18.1 Å². The van der Waals surface area contributed by atoms with E-state index < -0.39 is 0 Å². The van der Waals surface area contributed by atoms with Gasteiger partial charge in [-0.05, 0) is 59.7 Å². The van der Waals surface area contributed by atoms with Crippen LogP contribution in [0.15, 0.2) is 71.5 Å². The molecule has 3 aromatic carbocycles. The van der Waals surface area contributed by atoms with E-state index in [9.17, 15) is 4.79 Å². The Labute approximate surface area is 227 Å². The Morgan fingerprint density at radius 1 is 0.865 bits per heavy atom. The van der Waals surface area contributed by atoms with Crippen molar-refractivity contribution in [1.82, 2.24) is 29.5 Å². The fraction of sp³-hybridized carbons (Fsp3) is 0.154. The molecule has 0 bridgehead atoms. The first-order valence-corrected chi connectivity index (χ1v) is 12.4. The summed E-state index contributed by atoms with van der Waals surface area (Å²) in [6.45, 7) is 0.436. The number of aromatic nitrogens is 6. The number of nitrogens with one attached hydrogen (secondary N) is 1. The van der Waals surface area contributed by atoms with E-state index in [0.717, 1.165) is 22.4 Å². The van der Waals surface area contributed by atoms with Crippen LogP contribution < -0.4 is 10.4 Å². The lowest BCUT2D eigenvalue weighted by Crippen LogP contribution is -2.26. The van der Waals surface area contributed by atoms with Gasteiger partial charge in [0.25, 0.3) is 0 Å². The Morgan fingerprint density at radius 2 is 1.54 bits per heavy atom. The molecule has 37 heavy (non-hydrogen) atoms. The summed E-state index contributed by atoms with van der Waals surface area (Å²) in [5, 5.41) is 14.7. The van der Waals surface area contributed by atoms with Crippen molar-refractivity contribution >= 4 is 34.8 Å². The molecule has 0 aliphatic rings. The molecule has 2 aromatic heterocycles. The molecule has 2 heterocycles. The Morgan fingerprint density at radius 3 is 2.22 bits per heavy atom. The normalized spacial score (nSPS) is 11.1. The molecule has 0 aliphatic heterocycles. The molecule has 0 unspecified atom stereocenters. The molecule has 0 atom stereocenters. The number of H-pyrrole nitrogens is 1. The van der Waals surface area contributed by atoms with Crippen molar-refractivity contribution in [2.75, 3.05) is 7.11 Å². The van der Waals surface area contributed by atoms with Crippen LogP contribution in [-0.2, 0) is 19.5 Å². The number of hydrogen-bond acceptors (Lipinski definition) is 5. The average molecular weight is 556 g/mol. The van der Waals surface area contributed by atoms with Crippen molar-refractivity contribution < 1.29 is 4.74 Å². The highest BCUT2D eigenvalue weighted by Crippen LogP contribution is 2.26. The molecule has 0 spiro atoms. The first kappa shape index (κ1) is 25.1. The average Bonchev–Trinajstić information content (AvgIpc) is 3.47. The maximum Gasteiger partial charge on any atom is 0.346 e. The van der Waals surface area contributed by atoms with Crippen LogP contribution in [-0.4, -0.2) is 36.6 Å². The highest BCUT2D eigenvalue weighted by atomic mass is 35.5. The summed E-state index contributed by atoms with van der Waals surface area (Å²) in [6.07, 6.45) is 0.377. The van der Waals surface area contributed by atoms with Crippen LogP contribution in [0.3, 0.4) is 0 Å². The Kier molecular flexibility index (Phi) is 7.32. The first-order valence-electron chi connectivity index (χ1n) is 11.3. The van der Waals surface area contributed by atoms with Crippen molar-refractivity contribution in [2.45, 2.75) is 19.5 Å². The largest absolute Gasteiger partial charge is 0.497 e. The molecule has 0 fully saturated rings. The van der Waals surface area contributed by atoms with Crippen LogP contribution in [0.5, 0.6) is 5.75 Å². The Hall–Kier alpha value is -3.59. The number of hydrogen-bond donors (Lipinski definition) is 1. The maximum atomic E-state index is 13.5. The van der Waals surface area contributed by atoms with Gasteiger partial charge >= 0.3 is 5.69 Å². The molecule has 0 saturated heterocycles. The van der Waals surface area contributed by atoms with Crippen molar-refractivity contribution in [3.63, 3.8) is 0 Å². The van der Waals surface area contributed by atoms with E-state index in [1.165, 1.54) is 4.68 Å². The first-order chi connectivity index (χ1) is 17.9. The molecule has 8 nitrogen and oxygen atoms in total. The smallest absolute Gasteiger partial charge is 0.346 e. The van der Waals surface area contributed by atoms with Gasteiger partial charge in [0, 0.05) is 27.1 Å². The molecule has 0 amide bonds. The van der Waals surface area contributed by atoms with E-state index in [4.69, 9.17) is 39.5 Å². The molecule has 0 aliphatic carbocycles. The van der Waals surface area contributed by atoms with Crippen molar-refractivity contribution in [1.29, 1.82) is 0 Å². The van der Waals surface area contributed by atoms with Crippen LogP contribution in [0.4, 0.5) is 0 Å². The van der Waals surface area contributed by atoms with E-state index >= 15 is 0 Å². The van der Waals surface area contributed by atoms with Crippen LogP contribution in [0.1, 0.15) is 22.8 Å². The molecular weight excluding hydrogens is 535 g/mol. The number of methoxy groups -OCH3 is 1. The maximum absolute atomic E-state index is 13.5. The summed E-state index contributed by atoms with van der Waals surface area (Å²) >= 11 is 18.7. The molecule has 5 rings (SSSR count). The molecular formula is C26H21Cl3N6O2. The molecule has 11 heteroatoms. The summed E-state index contributed by atoms with van der Waals surface area (Å²) < 4.78 is 8.22. The van der Waals surface area contributed by atoms with Crippen LogP contribution in [0, 0.1) is 0 Å². The minimum absolute atomic E-state index is 0.109. The Bertz CT molecular complexity index is 1570. The fourth-order valence-electron chi connectivity index (χ4n) is 3.91. The van der Waals surface area contributed by atoms with Crippen LogP contribution in [0.25, 0.3) is 11.4 Å². The zero-order chi connectivity index (χ0) is 25.9. The van der Waals surface area contributed by atoms with E-state index in [2.05, 4.69) is 20.3 Å². The highest BCUT2D eigenvalue weighted by molar-refractivity contribution is 6.36. The van der Waals surface area contributed by atoms with Gasteiger partial charge in [0.2, 0.25) is 0 Å². The van der Waals surface area contributed by atoms with Gasteiger partial charge in [0.15, 0.2) is 11.6 Å². The molecule has 5 aromatic rings. The number of aromatic amines is 1. The lowest BCUT2D eigenvalue weighted by molar-refractivity contribution is 0.414. The lowest BCUT2D eigenvalue weighted by Gasteiger charge is -2.07. The van der Waals surface area contributed by atoms with Crippen molar-refractivity contribution in [2.24, 2.45) is 0 Å². The zero-order valence-corrected chi connectivity index (χ0v) is 21.9. The van der Waals surface area contributed by atoms with E-state index in [0.29, 0.717) is 45.5 Å². The molecule has 1 N–H and O–H groups in total. The topological polar surface area (TPSA) is 90.6 Å². The van der Waals surface area contributed by atoms with Crippen LogP contribution in [0.2, 0.25) is 15.1 Å². The number of ether oxygens (including phenoxy) is 1. The second-order valence-electron chi connectivity index (χ2n) is 8.30. The number of nitrogens with zero attached hydrogens (tertiary/aromatic N) is 5. The third-order valence-electron chi connectivity index (χ3n) is 5.81. The molecule has 0 radical (unpaired) electrons. The van der Waals surface area contributed by atoms with E-state index in [1.807, 2.05) is 36.4 Å². The SMILES string of the molecule is COc1ccc(Cn2c(-c3ccc(Cl)cc3)nn(Cc3nnc(Cc4c(Cl)cccc4Cl)[nH]3)c2=O)cc1. The summed E-state index contributed by atoms with van der Waals surface area (Å²) in [7, 11) is 1.61. The quantitative estimate of drug-likeness (QED) is 0.274. The van der Waals surface area contributed by atoms with Gasteiger partial charge in [-0.25, -0.2) is 9.48 Å². The third kappa shape index (κ3) is 5.56. The van der Waals surface area contributed by atoms with Gasteiger partial charge in [-0.1, -0.05) is 53.0 Å². The van der Waals surface area contributed by atoms with Crippen LogP contribution >= 0.6 is 34.8 Å². The minimum Gasteiger partial charge on any atom is -0.497 e. The predicted molar refractivity (Wildman–Crippen MR) is 144 cm³/mol. The second kappa shape index (κ2) is 10.8. The fourth-order valence-corrected chi connectivity index (χ4v) is 4.57. The summed E-state index contributed by atoms with van der Waals surface area (Å²) in [5.41, 5.74) is 2.16. The standard InChI is InChI=1S/C26H21Cl3N6O2/c1-37-19-11-5-16(6-12-19)14-34-25(17-7-9-18(27)10-8-17)33-35(26(34)36)15-24-30-23(31-32-24)13-20-21(28)3-2-4-22(20)29/h2-12H,13-15H2,1H3,(H,30,31,32). The third-order valence-corrected chi connectivity index (χ3v) is 6.77. The number of rotatable bonds is 8. The summed E-state index contributed by atoms with van der Waals surface area (Å²) in [5.74, 6) is 2.31.